The first-order valence-electron chi connectivity index (χ1n) is 9.98. The predicted octanol–water partition coefficient (Wildman–Crippen LogP) is 10.2. The van der Waals surface area contributed by atoms with Gasteiger partial charge in [0.05, 0.1) is 22.8 Å². The summed E-state index contributed by atoms with van der Waals surface area (Å²) in [7, 11) is 40.7. The van der Waals surface area contributed by atoms with Crippen molar-refractivity contribution in [3.05, 3.63) is 71.3 Å². The molecule has 172 valence electrons. The van der Waals surface area contributed by atoms with Crippen LogP contribution in [0.2, 0.25) is 0 Å². The molecule has 8 bridgehead atoms. The summed E-state index contributed by atoms with van der Waals surface area (Å²) in [6.45, 7) is 0. The van der Waals surface area contributed by atoms with Crippen LogP contribution in [0.4, 0.5) is 0 Å². The molecule has 3 aromatic heterocycles. The molecule has 0 spiro atoms. The van der Waals surface area contributed by atoms with Crippen LogP contribution in [0.5, 0.6) is 0 Å². The normalized spacial score (nSPS) is 17.7. The number of fused-ring (bicyclic) bond motifs is 8. The molecule has 0 saturated heterocycles. The third kappa shape index (κ3) is 10.4. The van der Waals surface area contributed by atoms with Gasteiger partial charge in [-0.2, -0.15) is 0 Å². The van der Waals surface area contributed by atoms with E-state index >= 15 is 0 Å². The fraction of sp³-hybridized carbons (Fsp3) is 0. The minimum atomic E-state index is -7.66. The van der Waals surface area contributed by atoms with Crippen molar-refractivity contribution in [1.29, 1.82) is 0 Å². The van der Waals surface area contributed by atoms with Gasteiger partial charge in [0.25, 0.3) is 0 Å². The summed E-state index contributed by atoms with van der Waals surface area (Å²) in [6.07, 6.45) is 8.09. The Morgan fingerprint density at radius 3 is 0.879 bits per heavy atom. The van der Waals surface area contributed by atoms with Crippen LogP contribution in [0, 0.1) is 0 Å². The van der Waals surface area contributed by atoms with Crippen LogP contribution in [0.3, 0.4) is 0 Å². The zero-order valence-electron chi connectivity index (χ0n) is 16.6. The van der Waals surface area contributed by atoms with Gasteiger partial charge in [-0.3, -0.25) is 0 Å². The summed E-state index contributed by atoms with van der Waals surface area (Å²) < 4.78 is -7.66. The molecule has 0 fully saturated rings. The molecule has 5 heterocycles. The van der Waals surface area contributed by atoms with Crippen molar-refractivity contribution >= 4 is 124 Å². The average molecular weight is 659 g/mol. The fourth-order valence-corrected chi connectivity index (χ4v) is 2.94. The van der Waals surface area contributed by atoms with Crippen molar-refractivity contribution in [3.8, 4) is 0 Å². The molecule has 0 atom stereocenters. The first kappa shape index (κ1) is 25.6. The van der Waals surface area contributed by atoms with Gasteiger partial charge in [0.2, 0.25) is 0 Å². The molecule has 0 aliphatic carbocycles. The van der Waals surface area contributed by atoms with Gasteiger partial charge in [-0.05, 0) is 72.8 Å². The van der Waals surface area contributed by atoms with Gasteiger partial charge < -0.3 is 9.97 Å². The van der Waals surface area contributed by atoms with Gasteiger partial charge >= 0.3 is 79.7 Å². The number of aromatic nitrogens is 4. The Labute approximate surface area is 215 Å². The zero-order chi connectivity index (χ0) is 24.3. The summed E-state index contributed by atoms with van der Waals surface area (Å²) in [6, 6.07) is 16.4. The second kappa shape index (κ2) is 6.45. The Balaban J connectivity index is 0.000000248. The Morgan fingerprint density at radius 2 is 0.667 bits per heavy atom. The second-order valence-electron chi connectivity index (χ2n) is 8.73. The molecule has 13 heteroatoms. The summed E-state index contributed by atoms with van der Waals surface area (Å²) in [5.41, 5.74) is 7.86. The second-order valence-corrected chi connectivity index (χ2v) is 138. The summed E-state index contributed by atoms with van der Waals surface area (Å²) in [5.74, 6) is 0. The van der Waals surface area contributed by atoms with Gasteiger partial charge in [0.15, 0.2) is 0 Å². The Morgan fingerprint density at radius 1 is 0.455 bits per heavy atom. The van der Waals surface area contributed by atoms with E-state index in [1.165, 1.54) is 0 Å². The number of hydrogen-bond acceptors (Lipinski definition) is 2. The van der Waals surface area contributed by atoms with Crippen molar-refractivity contribution in [2.75, 3.05) is 0 Å². The monoisotopic (exact) mass is 654 g/mol. The molecule has 2 aliphatic heterocycles. The number of nitrogens with one attached hydrogen (secondary N) is 2. The molecule has 3 aromatic rings. The molecule has 0 unspecified atom stereocenters. The van der Waals surface area contributed by atoms with E-state index in [2.05, 4.69) is 44.2 Å². The van der Waals surface area contributed by atoms with Crippen molar-refractivity contribution in [3.63, 3.8) is 0 Å². The van der Waals surface area contributed by atoms with Crippen molar-refractivity contribution in [2.45, 2.75) is 0 Å². The molecule has 2 N–H and O–H groups in total. The van der Waals surface area contributed by atoms with Gasteiger partial charge in [-0.1, -0.05) is 0 Å². The van der Waals surface area contributed by atoms with Crippen LogP contribution in [-0.2, 0) is 2.15 Å². The number of hydrogen-bond donors (Lipinski definition) is 2. The minimum absolute atomic E-state index is 0.939. The topological polar surface area (TPSA) is 57.4 Å². The van der Waals surface area contributed by atoms with Crippen LogP contribution in [0.15, 0.2) is 48.5 Å². The average Bonchev–Trinajstić information content (AvgIpc) is 3.36. The van der Waals surface area contributed by atoms with Crippen molar-refractivity contribution < 1.29 is 2.15 Å². The van der Waals surface area contributed by atoms with Gasteiger partial charge in [0.1, 0.15) is 0 Å². The number of H-pyrrole nitrogens is 2. The molecular weight excluding hydrogens is 645 g/mol. The molecule has 0 aromatic carbocycles. The molecule has 0 radical (unpaired) electrons. The molecule has 5 rings (SSSR count). The number of nitrogens with zero attached hydrogens (tertiary/aromatic N) is 2. The third-order valence-corrected chi connectivity index (χ3v) is 4.04. The molecule has 33 heavy (non-hydrogen) atoms. The maximum absolute atomic E-state index is 7.66. The fourth-order valence-electron chi connectivity index (χ4n) is 2.94. The third-order valence-electron chi connectivity index (χ3n) is 4.04. The van der Waals surface area contributed by atoms with E-state index in [4.69, 9.17) is 77.5 Å². The Kier molecular flexibility index (Phi) is 5.01. The summed E-state index contributed by atoms with van der Waals surface area (Å²) >= 11 is 0. The van der Waals surface area contributed by atoms with Gasteiger partial charge in [-0.15, -0.1) is 0 Å². The molecule has 4 nitrogen and oxygen atoms in total. The van der Waals surface area contributed by atoms with Crippen LogP contribution in [0.1, 0.15) is 22.8 Å². The first-order chi connectivity index (χ1) is 14.6. The summed E-state index contributed by atoms with van der Waals surface area (Å²) in [5, 5.41) is 0. The van der Waals surface area contributed by atoms with E-state index in [9.17, 15) is 0 Å². The Hall–Kier alpha value is -0.457. The van der Waals surface area contributed by atoms with Gasteiger partial charge in [0, 0.05) is 22.1 Å². The van der Waals surface area contributed by atoms with Crippen LogP contribution in [-0.4, -0.2) is 19.9 Å². The van der Waals surface area contributed by atoms with E-state index in [-0.39, 0.29) is 0 Å². The van der Waals surface area contributed by atoms with E-state index in [0.29, 0.717) is 0 Å². The van der Waals surface area contributed by atoms with E-state index in [0.717, 1.165) is 44.8 Å². The maximum atomic E-state index is 5.09. The van der Waals surface area contributed by atoms with Crippen molar-refractivity contribution in [1.82, 2.24) is 19.9 Å². The van der Waals surface area contributed by atoms with Crippen LogP contribution in [0.25, 0.3) is 46.4 Å². The molecule has 2 aliphatic rings. The van der Waals surface area contributed by atoms with E-state index < -0.39 is 2.15 Å². The summed E-state index contributed by atoms with van der Waals surface area (Å²) in [4.78, 5) is 16.0. The van der Waals surface area contributed by atoms with E-state index in [1.54, 1.807) is 0 Å². The molecular formula is C20H14Cl8N4Zn. The van der Waals surface area contributed by atoms with E-state index in [1.807, 2.05) is 48.6 Å². The zero-order valence-corrected chi connectivity index (χ0v) is 25.6. The number of aromatic amines is 2. The first-order valence-corrected chi connectivity index (χ1v) is 41.2. The van der Waals surface area contributed by atoms with Crippen molar-refractivity contribution in [2.24, 2.45) is 0 Å². The van der Waals surface area contributed by atoms with Crippen LogP contribution >= 0.6 is 77.5 Å². The quantitative estimate of drug-likeness (QED) is 0.163. The number of halogens is 8. The predicted molar refractivity (Wildman–Crippen MR) is 146 cm³/mol. The number of rotatable bonds is 0. The SMILES string of the molecule is C1=Cc2cc3ccc(cc4nc(cc5ccc(cc1n2)[nH]5)C=C4)[nH]3.[Cl][Zn]([Cl])([Cl])([Cl])([Cl])([Cl])([Cl])[Cl]. The Bertz CT molecular complexity index is 1340. The molecule has 0 saturated carbocycles. The van der Waals surface area contributed by atoms with Crippen LogP contribution < -0.4 is 0 Å². The molecule has 0 amide bonds. The van der Waals surface area contributed by atoms with Gasteiger partial charge in [-0.25, -0.2) is 9.97 Å². The standard InChI is InChI=1S/C20H14N4.8ClH.Zn/c1-2-14-10-16-5-6-18(23-16)12-20-8-7-19(24-20)11-17-4-3-15(22-17)9-13(1)21-14;;;;;;;;;/h1-12,21,24H;8*1H;/q;;;;;;;;;+8/p-8.